The average Bonchev–Trinajstić information content (AvgIpc) is 2.29. The smallest absolute Gasteiger partial charge is 0.267 e. The number of carbonyl (C=O) groups is 1. The third-order valence-electron chi connectivity index (χ3n) is 3.02. The van der Waals surface area contributed by atoms with Crippen molar-refractivity contribution in [2.24, 2.45) is 5.73 Å². The van der Waals surface area contributed by atoms with Crippen molar-refractivity contribution < 1.29 is 4.79 Å². The fourth-order valence-corrected chi connectivity index (χ4v) is 2.14. The highest BCUT2D eigenvalue weighted by Crippen LogP contribution is 2.20. The maximum absolute atomic E-state index is 11.1. The summed E-state index contributed by atoms with van der Waals surface area (Å²) in [5.74, 6) is -0.456. The normalized spacial score (nSPS) is 16.2. The number of anilines is 1. The van der Waals surface area contributed by atoms with Crippen molar-refractivity contribution in [2.45, 2.75) is 26.2 Å². The van der Waals surface area contributed by atoms with Crippen LogP contribution < -0.4 is 10.6 Å². The largest absolute Gasteiger partial charge is 0.370 e. The number of primary amides is 1. The third-order valence-corrected chi connectivity index (χ3v) is 3.02. The highest BCUT2D eigenvalue weighted by molar-refractivity contribution is 5.92. The van der Waals surface area contributed by atoms with E-state index in [1.165, 1.54) is 19.3 Å². The molecule has 0 radical (unpaired) electrons. The van der Waals surface area contributed by atoms with Crippen LogP contribution in [0.4, 0.5) is 5.69 Å². The number of pyridine rings is 1. The molecule has 2 heterocycles. The number of aryl methyl sites for hydroxylation is 1. The fraction of sp³-hybridized carbons (Fsp3) is 0.500. The van der Waals surface area contributed by atoms with Gasteiger partial charge in [-0.1, -0.05) is 0 Å². The summed E-state index contributed by atoms with van der Waals surface area (Å²) in [6.45, 7) is 4.04. The van der Waals surface area contributed by atoms with Gasteiger partial charge in [0, 0.05) is 13.1 Å². The number of rotatable bonds is 2. The van der Waals surface area contributed by atoms with Crippen LogP contribution in [0.2, 0.25) is 0 Å². The first-order valence-electron chi connectivity index (χ1n) is 5.70. The molecule has 1 aromatic heterocycles. The molecular formula is C12H17N3O. The van der Waals surface area contributed by atoms with Gasteiger partial charge in [-0.05, 0) is 37.8 Å². The maximum Gasteiger partial charge on any atom is 0.267 e. The number of carbonyl (C=O) groups excluding carboxylic acids is 1. The Morgan fingerprint density at radius 2 is 2.06 bits per heavy atom. The third kappa shape index (κ3) is 2.15. The van der Waals surface area contributed by atoms with Gasteiger partial charge in [0.2, 0.25) is 0 Å². The molecule has 1 aromatic rings. The van der Waals surface area contributed by atoms with Crippen LogP contribution in [0.1, 0.15) is 35.3 Å². The number of nitrogens with zero attached hydrogens (tertiary/aromatic N) is 2. The lowest BCUT2D eigenvalue weighted by molar-refractivity contribution is 0.0995. The number of hydrogen-bond acceptors (Lipinski definition) is 3. The highest BCUT2D eigenvalue weighted by atomic mass is 16.1. The standard InChI is InChI=1S/C12H17N3O/c1-9-7-10(8-14-11(9)12(13)16)15-5-3-2-4-6-15/h7-8H,2-6H2,1H3,(H2,13,16). The summed E-state index contributed by atoms with van der Waals surface area (Å²) in [6.07, 6.45) is 5.52. The Hall–Kier alpha value is -1.58. The van der Waals surface area contributed by atoms with Gasteiger partial charge < -0.3 is 10.6 Å². The molecule has 2 rings (SSSR count). The molecule has 1 aliphatic heterocycles. The van der Waals surface area contributed by atoms with Crippen molar-refractivity contribution >= 4 is 11.6 Å². The van der Waals surface area contributed by atoms with E-state index in [0.29, 0.717) is 5.69 Å². The number of amides is 1. The van der Waals surface area contributed by atoms with Gasteiger partial charge in [-0.15, -0.1) is 0 Å². The Labute approximate surface area is 95.5 Å². The highest BCUT2D eigenvalue weighted by Gasteiger charge is 2.13. The molecule has 0 spiro atoms. The van der Waals surface area contributed by atoms with Crippen molar-refractivity contribution in [1.82, 2.24) is 4.98 Å². The van der Waals surface area contributed by atoms with E-state index in [4.69, 9.17) is 5.73 Å². The molecule has 2 N–H and O–H groups in total. The van der Waals surface area contributed by atoms with Crippen LogP contribution >= 0.6 is 0 Å². The van der Waals surface area contributed by atoms with Crippen LogP contribution in [-0.2, 0) is 0 Å². The zero-order valence-corrected chi connectivity index (χ0v) is 9.57. The summed E-state index contributed by atoms with van der Waals surface area (Å²) in [4.78, 5) is 17.5. The van der Waals surface area contributed by atoms with Crippen molar-refractivity contribution in [3.05, 3.63) is 23.5 Å². The molecule has 4 nitrogen and oxygen atoms in total. The summed E-state index contributed by atoms with van der Waals surface area (Å²) in [5.41, 5.74) is 7.56. The van der Waals surface area contributed by atoms with Crippen LogP contribution in [0.5, 0.6) is 0 Å². The van der Waals surface area contributed by atoms with Gasteiger partial charge in [-0.3, -0.25) is 4.79 Å². The molecule has 0 unspecified atom stereocenters. The molecule has 0 atom stereocenters. The van der Waals surface area contributed by atoms with Gasteiger partial charge in [0.25, 0.3) is 5.91 Å². The van der Waals surface area contributed by atoms with E-state index < -0.39 is 5.91 Å². The Kier molecular flexibility index (Phi) is 3.08. The number of hydrogen-bond donors (Lipinski definition) is 1. The molecule has 16 heavy (non-hydrogen) atoms. The van der Waals surface area contributed by atoms with Crippen molar-refractivity contribution in [2.75, 3.05) is 18.0 Å². The first-order chi connectivity index (χ1) is 7.68. The van der Waals surface area contributed by atoms with Gasteiger partial charge in [-0.2, -0.15) is 0 Å². The van der Waals surface area contributed by atoms with Gasteiger partial charge in [0.1, 0.15) is 5.69 Å². The van der Waals surface area contributed by atoms with E-state index in [1.807, 2.05) is 13.0 Å². The number of nitrogens with two attached hydrogens (primary N) is 1. The van der Waals surface area contributed by atoms with E-state index in [9.17, 15) is 4.79 Å². The van der Waals surface area contributed by atoms with Crippen molar-refractivity contribution in [1.29, 1.82) is 0 Å². The molecule has 1 aliphatic rings. The first-order valence-corrected chi connectivity index (χ1v) is 5.70. The van der Waals surface area contributed by atoms with E-state index >= 15 is 0 Å². The lowest BCUT2D eigenvalue weighted by Gasteiger charge is -2.28. The lowest BCUT2D eigenvalue weighted by Crippen LogP contribution is -2.29. The van der Waals surface area contributed by atoms with Gasteiger partial charge >= 0.3 is 0 Å². The zero-order chi connectivity index (χ0) is 11.5. The average molecular weight is 219 g/mol. The fourth-order valence-electron chi connectivity index (χ4n) is 2.14. The Morgan fingerprint density at radius 1 is 1.38 bits per heavy atom. The molecule has 0 aromatic carbocycles. The molecular weight excluding hydrogens is 202 g/mol. The minimum absolute atomic E-state index is 0.376. The zero-order valence-electron chi connectivity index (χ0n) is 9.57. The quantitative estimate of drug-likeness (QED) is 0.819. The summed E-state index contributed by atoms with van der Waals surface area (Å²) in [5, 5.41) is 0. The lowest BCUT2D eigenvalue weighted by atomic mass is 10.1. The summed E-state index contributed by atoms with van der Waals surface area (Å²) >= 11 is 0. The second-order valence-electron chi connectivity index (χ2n) is 4.27. The predicted molar refractivity (Wildman–Crippen MR) is 63.6 cm³/mol. The summed E-state index contributed by atoms with van der Waals surface area (Å²) in [6, 6.07) is 2.00. The van der Waals surface area contributed by atoms with Crippen LogP contribution in [0.15, 0.2) is 12.3 Å². The van der Waals surface area contributed by atoms with Crippen LogP contribution in [0.25, 0.3) is 0 Å². The SMILES string of the molecule is Cc1cc(N2CCCCC2)cnc1C(N)=O. The molecule has 1 amide bonds. The molecule has 1 fully saturated rings. The van der Waals surface area contributed by atoms with E-state index in [0.717, 1.165) is 24.3 Å². The topological polar surface area (TPSA) is 59.2 Å². The van der Waals surface area contributed by atoms with E-state index in [2.05, 4.69) is 9.88 Å². The molecule has 1 saturated heterocycles. The van der Waals surface area contributed by atoms with Gasteiger partial charge in [0.15, 0.2) is 0 Å². The predicted octanol–water partition coefficient (Wildman–Crippen LogP) is 1.48. The molecule has 0 aliphatic carbocycles. The Morgan fingerprint density at radius 3 is 2.62 bits per heavy atom. The number of piperidine rings is 1. The van der Waals surface area contributed by atoms with E-state index in [-0.39, 0.29) is 0 Å². The minimum atomic E-state index is -0.456. The van der Waals surface area contributed by atoms with Crippen LogP contribution in [0, 0.1) is 6.92 Å². The van der Waals surface area contributed by atoms with Gasteiger partial charge in [-0.25, -0.2) is 4.98 Å². The molecule has 86 valence electrons. The molecule has 4 heteroatoms. The Balaban J connectivity index is 2.23. The van der Waals surface area contributed by atoms with Crippen LogP contribution in [0.3, 0.4) is 0 Å². The maximum atomic E-state index is 11.1. The summed E-state index contributed by atoms with van der Waals surface area (Å²) in [7, 11) is 0. The van der Waals surface area contributed by atoms with Crippen molar-refractivity contribution in [3.63, 3.8) is 0 Å². The second kappa shape index (κ2) is 4.51. The number of aromatic nitrogens is 1. The van der Waals surface area contributed by atoms with Crippen LogP contribution in [-0.4, -0.2) is 24.0 Å². The first kappa shape index (κ1) is 10.9. The summed E-state index contributed by atoms with van der Waals surface area (Å²) < 4.78 is 0. The monoisotopic (exact) mass is 219 g/mol. The molecule has 0 bridgehead atoms. The van der Waals surface area contributed by atoms with E-state index in [1.54, 1.807) is 6.20 Å². The van der Waals surface area contributed by atoms with Crippen molar-refractivity contribution in [3.8, 4) is 0 Å². The van der Waals surface area contributed by atoms with Gasteiger partial charge in [0.05, 0.1) is 11.9 Å². The molecule has 0 saturated carbocycles. The minimum Gasteiger partial charge on any atom is -0.370 e. The second-order valence-corrected chi connectivity index (χ2v) is 4.27. The Bertz CT molecular complexity index is 397.